The highest BCUT2D eigenvalue weighted by Crippen LogP contribution is 2.05. The van der Waals surface area contributed by atoms with E-state index in [9.17, 15) is 4.79 Å². The van der Waals surface area contributed by atoms with Gasteiger partial charge in [0.1, 0.15) is 5.82 Å². The molecule has 0 saturated heterocycles. The van der Waals surface area contributed by atoms with Crippen LogP contribution >= 0.6 is 0 Å². The van der Waals surface area contributed by atoms with Crippen molar-refractivity contribution in [3.05, 3.63) is 36.2 Å². The molecule has 0 saturated carbocycles. The van der Waals surface area contributed by atoms with Gasteiger partial charge in [0.15, 0.2) is 0 Å². The number of aryl methyl sites for hydroxylation is 1. The van der Waals surface area contributed by atoms with E-state index < -0.39 is 0 Å². The quantitative estimate of drug-likeness (QED) is 0.803. The molecule has 2 heterocycles. The zero-order valence-electron chi connectivity index (χ0n) is 8.77. The summed E-state index contributed by atoms with van der Waals surface area (Å²) in [7, 11) is 0. The van der Waals surface area contributed by atoms with Gasteiger partial charge < -0.3 is 5.32 Å². The van der Waals surface area contributed by atoms with E-state index in [0.717, 1.165) is 6.42 Å². The molecular weight excluding hydrogens is 206 g/mol. The van der Waals surface area contributed by atoms with Gasteiger partial charge in [-0.2, -0.15) is 0 Å². The smallest absolute Gasteiger partial charge is 0.295 e. The summed E-state index contributed by atoms with van der Waals surface area (Å²) in [6.07, 6.45) is 3.92. The molecule has 0 spiro atoms. The second-order valence-electron chi connectivity index (χ2n) is 3.15. The van der Waals surface area contributed by atoms with Crippen LogP contribution in [0.2, 0.25) is 0 Å². The second kappa shape index (κ2) is 4.52. The molecule has 2 aromatic heterocycles. The molecule has 82 valence electrons. The number of hydrogen-bond donors (Lipinski definition) is 2. The summed E-state index contributed by atoms with van der Waals surface area (Å²) in [5.41, 5.74) is 0.669. The van der Waals surface area contributed by atoms with Crippen molar-refractivity contribution in [1.82, 2.24) is 20.2 Å². The number of anilines is 1. The van der Waals surface area contributed by atoms with Crippen LogP contribution in [-0.2, 0) is 6.42 Å². The topological polar surface area (TPSA) is 83.6 Å². The Kier molecular flexibility index (Phi) is 2.90. The van der Waals surface area contributed by atoms with Crippen molar-refractivity contribution in [3.8, 4) is 0 Å². The molecule has 0 radical (unpaired) electrons. The van der Waals surface area contributed by atoms with Crippen molar-refractivity contribution >= 4 is 11.6 Å². The Morgan fingerprint density at radius 2 is 2.19 bits per heavy atom. The molecule has 0 bridgehead atoms. The van der Waals surface area contributed by atoms with Gasteiger partial charge in [-0.3, -0.25) is 14.9 Å². The van der Waals surface area contributed by atoms with Crippen LogP contribution < -0.4 is 5.32 Å². The third-order valence-corrected chi connectivity index (χ3v) is 2.01. The van der Waals surface area contributed by atoms with Gasteiger partial charge >= 0.3 is 0 Å². The highest BCUT2D eigenvalue weighted by molar-refractivity contribution is 6.01. The first-order valence-corrected chi connectivity index (χ1v) is 4.92. The fourth-order valence-electron chi connectivity index (χ4n) is 1.18. The number of aromatic amines is 1. The zero-order chi connectivity index (χ0) is 11.4. The standard InChI is InChI=1S/C10H11N5O/c1-2-8-13-9(15-14-8)10(16)12-7-3-5-11-6-4-7/h3-6H,2H2,1H3,(H,11,12,16)(H,13,14,15). The first-order valence-electron chi connectivity index (χ1n) is 4.92. The van der Waals surface area contributed by atoms with Crippen molar-refractivity contribution in [2.45, 2.75) is 13.3 Å². The van der Waals surface area contributed by atoms with E-state index in [2.05, 4.69) is 25.5 Å². The summed E-state index contributed by atoms with van der Waals surface area (Å²) in [6.45, 7) is 1.94. The minimum absolute atomic E-state index is 0.147. The first-order chi connectivity index (χ1) is 7.79. The lowest BCUT2D eigenvalue weighted by Crippen LogP contribution is -2.13. The monoisotopic (exact) mass is 217 g/mol. The van der Waals surface area contributed by atoms with Gasteiger partial charge in [-0.1, -0.05) is 6.92 Å². The highest BCUT2D eigenvalue weighted by Gasteiger charge is 2.11. The maximum absolute atomic E-state index is 11.7. The number of amides is 1. The average Bonchev–Trinajstić information content (AvgIpc) is 2.79. The number of carbonyl (C=O) groups is 1. The molecule has 16 heavy (non-hydrogen) atoms. The Morgan fingerprint density at radius 3 is 2.81 bits per heavy atom. The van der Waals surface area contributed by atoms with Crippen molar-refractivity contribution in [3.63, 3.8) is 0 Å². The molecule has 0 aromatic carbocycles. The molecule has 0 fully saturated rings. The third kappa shape index (κ3) is 2.22. The van der Waals surface area contributed by atoms with E-state index in [1.807, 2.05) is 6.92 Å². The van der Waals surface area contributed by atoms with Crippen LogP contribution in [0.25, 0.3) is 0 Å². The van der Waals surface area contributed by atoms with Gasteiger partial charge in [0, 0.05) is 24.5 Å². The summed E-state index contributed by atoms with van der Waals surface area (Å²) in [6, 6.07) is 3.40. The largest absolute Gasteiger partial charge is 0.319 e. The molecule has 2 N–H and O–H groups in total. The molecule has 0 unspecified atom stereocenters. The molecule has 0 aliphatic rings. The van der Waals surface area contributed by atoms with Crippen molar-refractivity contribution in [1.29, 1.82) is 0 Å². The lowest BCUT2D eigenvalue weighted by Gasteiger charge is -2.00. The number of pyridine rings is 1. The van der Waals surface area contributed by atoms with Crippen LogP contribution in [0.4, 0.5) is 5.69 Å². The van der Waals surface area contributed by atoms with E-state index in [1.165, 1.54) is 0 Å². The Bertz CT molecular complexity index is 479. The molecule has 6 nitrogen and oxygen atoms in total. The van der Waals surface area contributed by atoms with Crippen molar-refractivity contribution < 1.29 is 4.79 Å². The number of aromatic nitrogens is 4. The number of nitrogens with one attached hydrogen (secondary N) is 2. The van der Waals surface area contributed by atoms with Gasteiger partial charge in [-0.05, 0) is 12.1 Å². The predicted molar refractivity (Wildman–Crippen MR) is 58.0 cm³/mol. The van der Waals surface area contributed by atoms with Gasteiger partial charge in [0.25, 0.3) is 5.91 Å². The first kappa shape index (κ1) is 10.3. The fraction of sp³-hybridized carbons (Fsp3) is 0.200. The summed E-state index contributed by atoms with van der Waals surface area (Å²) in [4.78, 5) is 19.6. The molecule has 6 heteroatoms. The summed E-state index contributed by atoms with van der Waals surface area (Å²) in [5.74, 6) is 0.510. The molecule has 0 atom stereocenters. The van der Waals surface area contributed by atoms with E-state index in [1.54, 1.807) is 24.5 Å². The van der Waals surface area contributed by atoms with Crippen molar-refractivity contribution in [2.24, 2.45) is 0 Å². The minimum Gasteiger partial charge on any atom is -0.319 e. The lowest BCUT2D eigenvalue weighted by atomic mass is 10.4. The summed E-state index contributed by atoms with van der Waals surface area (Å²) >= 11 is 0. The SMILES string of the molecule is CCc1nc(C(=O)Nc2ccncc2)n[nH]1. The number of nitrogens with zero attached hydrogens (tertiary/aromatic N) is 3. The van der Waals surface area contributed by atoms with Gasteiger partial charge in [0.2, 0.25) is 5.82 Å². The Hall–Kier alpha value is -2.24. The Labute approximate surface area is 92.1 Å². The van der Waals surface area contributed by atoms with Gasteiger partial charge in [-0.25, -0.2) is 4.98 Å². The van der Waals surface area contributed by atoms with Crippen LogP contribution in [0.15, 0.2) is 24.5 Å². The predicted octanol–water partition coefficient (Wildman–Crippen LogP) is 1.01. The Balaban J connectivity index is 2.09. The molecule has 1 amide bonds. The van der Waals surface area contributed by atoms with E-state index in [0.29, 0.717) is 11.5 Å². The second-order valence-corrected chi connectivity index (χ2v) is 3.15. The third-order valence-electron chi connectivity index (χ3n) is 2.01. The summed E-state index contributed by atoms with van der Waals surface area (Å²) in [5, 5.41) is 9.18. The molecular formula is C10H11N5O. The van der Waals surface area contributed by atoms with Crippen LogP contribution in [0.3, 0.4) is 0 Å². The van der Waals surface area contributed by atoms with Crippen LogP contribution in [-0.4, -0.2) is 26.1 Å². The minimum atomic E-state index is -0.331. The normalized spacial score (nSPS) is 10.1. The molecule has 0 aliphatic heterocycles. The zero-order valence-corrected chi connectivity index (χ0v) is 8.77. The van der Waals surface area contributed by atoms with E-state index >= 15 is 0 Å². The maximum atomic E-state index is 11.7. The molecule has 0 aliphatic carbocycles. The van der Waals surface area contributed by atoms with Crippen LogP contribution in [0.5, 0.6) is 0 Å². The number of rotatable bonds is 3. The maximum Gasteiger partial charge on any atom is 0.295 e. The van der Waals surface area contributed by atoms with Gasteiger partial charge in [0.05, 0.1) is 0 Å². The van der Waals surface area contributed by atoms with Gasteiger partial charge in [-0.15, -0.1) is 5.10 Å². The Morgan fingerprint density at radius 1 is 1.44 bits per heavy atom. The number of hydrogen-bond acceptors (Lipinski definition) is 4. The average molecular weight is 217 g/mol. The lowest BCUT2D eigenvalue weighted by molar-refractivity contribution is 0.101. The van der Waals surface area contributed by atoms with Crippen LogP contribution in [0, 0.1) is 0 Å². The van der Waals surface area contributed by atoms with Crippen molar-refractivity contribution in [2.75, 3.05) is 5.32 Å². The summed E-state index contributed by atoms with van der Waals surface area (Å²) < 4.78 is 0. The molecule has 2 aromatic rings. The van der Waals surface area contributed by atoms with E-state index in [-0.39, 0.29) is 11.7 Å². The fourth-order valence-corrected chi connectivity index (χ4v) is 1.18. The molecule has 2 rings (SSSR count). The number of carbonyl (C=O) groups excluding carboxylic acids is 1. The number of H-pyrrole nitrogens is 1. The van der Waals surface area contributed by atoms with E-state index in [4.69, 9.17) is 0 Å². The highest BCUT2D eigenvalue weighted by atomic mass is 16.2. The van der Waals surface area contributed by atoms with Crippen LogP contribution in [0.1, 0.15) is 23.4 Å².